The molecule has 2 aromatic heterocycles. The van der Waals surface area contributed by atoms with Gasteiger partial charge in [0.2, 0.25) is 0 Å². The van der Waals surface area contributed by atoms with E-state index in [-0.39, 0.29) is 5.75 Å². The lowest BCUT2D eigenvalue weighted by atomic mass is 10.1. The van der Waals surface area contributed by atoms with E-state index in [1.165, 1.54) is 19.2 Å². The second kappa shape index (κ2) is 7.07. The van der Waals surface area contributed by atoms with Crippen molar-refractivity contribution in [2.75, 3.05) is 7.11 Å². The molecule has 0 saturated heterocycles. The third-order valence-corrected chi connectivity index (χ3v) is 3.85. The highest BCUT2D eigenvalue weighted by Gasteiger charge is 2.17. The lowest BCUT2D eigenvalue weighted by molar-refractivity contribution is -0.0499. The molecule has 0 saturated carbocycles. The Morgan fingerprint density at radius 2 is 2.04 bits per heavy atom. The predicted octanol–water partition coefficient (Wildman–Crippen LogP) is 4.09. The van der Waals surface area contributed by atoms with Crippen molar-refractivity contribution in [3.05, 3.63) is 53.6 Å². The molecule has 0 unspecified atom stereocenters. The highest BCUT2D eigenvalue weighted by molar-refractivity contribution is 5.90. The maximum absolute atomic E-state index is 13.8. The summed E-state index contributed by atoms with van der Waals surface area (Å²) >= 11 is 0. The highest BCUT2D eigenvalue weighted by Crippen LogP contribution is 2.30. The number of rotatable bonds is 5. The van der Waals surface area contributed by atoms with Crippen LogP contribution < -0.4 is 4.74 Å². The Hall–Kier alpha value is -3.03. The molecule has 0 bridgehead atoms. The molecular weight excluding hydrogens is 349 g/mol. The number of alkyl halides is 2. The molecule has 26 heavy (non-hydrogen) atoms. The Balaban J connectivity index is 2.15. The highest BCUT2D eigenvalue weighted by atomic mass is 19.3. The van der Waals surface area contributed by atoms with E-state index in [9.17, 15) is 18.0 Å². The minimum absolute atomic E-state index is 0.288. The first-order valence-electron chi connectivity index (χ1n) is 7.78. The number of benzene rings is 1. The Bertz CT molecular complexity index is 970. The second-order valence-corrected chi connectivity index (χ2v) is 5.45. The first-order chi connectivity index (χ1) is 12.4. The average Bonchev–Trinajstić information content (AvgIpc) is 2.97. The van der Waals surface area contributed by atoms with Gasteiger partial charge in [-0.1, -0.05) is 6.92 Å². The number of nitrogens with zero attached hydrogens (tertiary/aromatic N) is 2. The van der Waals surface area contributed by atoms with E-state index in [0.29, 0.717) is 28.9 Å². The van der Waals surface area contributed by atoms with Gasteiger partial charge in [-0.25, -0.2) is 14.2 Å². The molecule has 0 aliphatic heterocycles. The van der Waals surface area contributed by atoms with Gasteiger partial charge in [0.1, 0.15) is 17.2 Å². The van der Waals surface area contributed by atoms with E-state index in [1.54, 1.807) is 22.7 Å². The molecule has 5 nitrogen and oxygen atoms in total. The monoisotopic (exact) mass is 364 g/mol. The topological polar surface area (TPSA) is 52.8 Å². The number of hydrogen-bond acceptors (Lipinski definition) is 4. The normalized spacial score (nSPS) is 11.2. The van der Waals surface area contributed by atoms with Crippen molar-refractivity contribution in [1.29, 1.82) is 0 Å². The van der Waals surface area contributed by atoms with E-state index >= 15 is 0 Å². The van der Waals surface area contributed by atoms with Crippen LogP contribution in [0.5, 0.6) is 5.75 Å². The molecule has 0 radical (unpaired) electrons. The molecule has 0 amide bonds. The number of fused-ring (bicyclic) bond motifs is 1. The zero-order valence-electron chi connectivity index (χ0n) is 14.0. The molecule has 0 aliphatic rings. The smallest absolute Gasteiger partial charge is 0.387 e. The number of esters is 1. The summed E-state index contributed by atoms with van der Waals surface area (Å²) in [5.41, 5.74) is 2.25. The number of aromatic nitrogens is 2. The minimum atomic E-state index is -3.06. The van der Waals surface area contributed by atoms with Crippen molar-refractivity contribution in [3.8, 4) is 17.0 Å². The molecule has 1 aromatic carbocycles. The second-order valence-electron chi connectivity index (χ2n) is 5.45. The van der Waals surface area contributed by atoms with Gasteiger partial charge in [-0.2, -0.15) is 8.78 Å². The molecule has 0 atom stereocenters. The maximum atomic E-state index is 13.8. The van der Waals surface area contributed by atoms with Crippen LogP contribution in [0.1, 0.15) is 23.0 Å². The van der Waals surface area contributed by atoms with E-state index in [1.807, 2.05) is 6.92 Å². The standard InChI is InChI=1S/C18H15F3N2O3/c1-3-14-16(11-6-12(19)9-13(7-11)26-18(20)21)22-15-8-10(17(24)25-2)4-5-23(14)15/h4-9,18H,3H2,1-2H3. The Kier molecular flexibility index (Phi) is 4.83. The van der Waals surface area contributed by atoms with Gasteiger partial charge in [-0.15, -0.1) is 0 Å². The first-order valence-corrected chi connectivity index (χ1v) is 7.78. The number of ether oxygens (including phenoxy) is 2. The fourth-order valence-electron chi connectivity index (χ4n) is 2.78. The van der Waals surface area contributed by atoms with Crippen LogP contribution in [0.4, 0.5) is 13.2 Å². The Morgan fingerprint density at radius 3 is 2.69 bits per heavy atom. The molecule has 3 rings (SSSR count). The van der Waals surface area contributed by atoms with Crippen LogP contribution in [0.15, 0.2) is 36.5 Å². The molecule has 0 spiro atoms. The Labute approximate surface area is 147 Å². The van der Waals surface area contributed by atoms with Gasteiger partial charge in [0.15, 0.2) is 0 Å². The molecule has 136 valence electrons. The number of methoxy groups -OCH3 is 1. The first kappa shape index (κ1) is 17.8. The number of pyridine rings is 1. The lowest BCUT2D eigenvalue weighted by Crippen LogP contribution is -2.02. The fraction of sp³-hybridized carbons (Fsp3) is 0.222. The number of halogens is 3. The summed E-state index contributed by atoms with van der Waals surface area (Å²) in [5, 5.41) is 0. The lowest BCUT2D eigenvalue weighted by Gasteiger charge is -2.08. The van der Waals surface area contributed by atoms with Gasteiger partial charge < -0.3 is 13.9 Å². The predicted molar refractivity (Wildman–Crippen MR) is 87.9 cm³/mol. The molecule has 3 aromatic rings. The summed E-state index contributed by atoms with van der Waals surface area (Å²) in [4.78, 5) is 16.1. The van der Waals surface area contributed by atoms with Gasteiger partial charge in [0.05, 0.1) is 24.1 Å². The van der Waals surface area contributed by atoms with Crippen LogP contribution in [0.25, 0.3) is 16.9 Å². The van der Waals surface area contributed by atoms with Gasteiger partial charge in [-0.05, 0) is 30.7 Å². The van der Waals surface area contributed by atoms with Crippen LogP contribution in [0.3, 0.4) is 0 Å². The number of aryl methyl sites for hydroxylation is 1. The zero-order chi connectivity index (χ0) is 18.8. The number of imidazole rings is 1. The van der Waals surface area contributed by atoms with Crippen LogP contribution >= 0.6 is 0 Å². The maximum Gasteiger partial charge on any atom is 0.387 e. The summed E-state index contributed by atoms with van der Waals surface area (Å²) in [7, 11) is 1.28. The van der Waals surface area contributed by atoms with Crippen molar-refractivity contribution in [2.45, 2.75) is 20.0 Å². The number of carbonyl (C=O) groups is 1. The number of hydrogen-bond donors (Lipinski definition) is 0. The van der Waals surface area contributed by atoms with Crippen LogP contribution in [0, 0.1) is 5.82 Å². The molecule has 0 N–H and O–H groups in total. The Morgan fingerprint density at radius 1 is 1.27 bits per heavy atom. The van der Waals surface area contributed by atoms with E-state index in [0.717, 1.165) is 11.8 Å². The molecule has 8 heteroatoms. The summed E-state index contributed by atoms with van der Waals surface area (Å²) in [6, 6.07) is 6.51. The molecule has 2 heterocycles. The summed E-state index contributed by atoms with van der Waals surface area (Å²) in [6.45, 7) is -1.17. The summed E-state index contributed by atoms with van der Waals surface area (Å²) in [5.74, 6) is -1.51. The fourth-order valence-corrected chi connectivity index (χ4v) is 2.78. The van der Waals surface area contributed by atoms with Crippen molar-refractivity contribution in [3.63, 3.8) is 0 Å². The third kappa shape index (κ3) is 3.35. The third-order valence-electron chi connectivity index (χ3n) is 3.85. The van der Waals surface area contributed by atoms with Crippen LogP contribution in [0.2, 0.25) is 0 Å². The van der Waals surface area contributed by atoms with Crippen molar-refractivity contribution >= 4 is 11.6 Å². The zero-order valence-corrected chi connectivity index (χ0v) is 14.0. The van der Waals surface area contributed by atoms with Gasteiger partial charge in [-0.3, -0.25) is 0 Å². The van der Waals surface area contributed by atoms with Crippen molar-refractivity contribution in [1.82, 2.24) is 9.38 Å². The van der Waals surface area contributed by atoms with E-state index in [4.69, 9.17) is 0 Å². The van der Waals surface area contributed by atoms with Crippen LogP contribution in [-0.4, -0.2) is 29.1 Å². The van der Waals surface area contributed by atoms with Gasteiger partial charge >= 0.3 is 12.6 Å². The largest absolute Gasteiger partial charge is 0.465 e. The SMILES string of the molecule is CCc1c(-c2cc(F)cc(OC(F)F)c2)nc2cc(C(=O)OC)ccn12. The van der Waals surface area contributed by atoms with Crippen molar-refractivity contribution in [2.24, 2.45) is 0 Å². The summed E-state index contributed by atoms with van der Waals surface area (Å²) < 4.78 is 49.5. The average molecular weight is 364 g/mol. The van der Waals surface area contributed by atoms with E-state index < -0.39 is 18.4 Å². The van der Waals surface area contributed by atoms with Gasteiger partial charge in [0.25, 0.3) is 0 Å². The van der Waals surface area contributed by atoms with Crippen molar-refractivity contribution < 1.29 is 27.4 Å². The molecule has 0 aliphatic carbocycles. The number of carbonyl (C=O) groups excluding carboxylic acids is 1. The van der Waals surface area contributed by atoms with Crippen LogP contribution in [-0.2, 0) is 11.2 Å². The molecular formula is C18H15F3N2O3. The summed E-state index contributed by atoms with van der Waals surface area (Å²) in [6.07, 6.45) is 2.21. The minimum Gasteiger partial charge on any atom is -0.465 e. The van der Waals surface area contributed by atoms with Gasteiger partial charge in [0, 0.05) is 17.8 Å². The van der Waals surface area contributed by atoms with E-state index in [2.05, 4.69) is 14.5 Å². The quantitative estimate of drug-likeness (QED) is 0.640. The molecule has 0 fully saturated rings.